The molecule has 0 atom stereocenters. The van der Waals surface area contributed by atoms with Gasteiger partial charge in [0.05, 0.1) is 16.2 Å². The van der Waals surface area contributed by atoms with Crippen molar-refractivity contribution in [2.24, 2.45) is 0 Å². The third kappa shape index (κ3) is 3.16. The Labute approximate surface area is 117 Å². The van der Waals surface area contributed by atoms with Crippen LogP contribution in [0.25, 0.3) is 11.4 Å². The molecule has 0 unspecified atom stereocenters. The molecule has 0 saturated heterocycles. The number of rotatable bonds is 5. The Morgan fingerprint density at radius 2 is 2.05 bits per heavy atom. The molecule has 0 amide bonds. The highest BCUT2D eigenvalue weighted by Gasteiger charge is 2.17. The Morgan fingerprint density at radius 1 is 1.30 bits per heavy atom. The highest BCUT2D eigenvalue weighted by Crippen LogP contribution is 2.27. The molecule has 6 heteroatoms. The quantitative estimate of drug-likeness (QED) is 0.668. The molecule has 0 aliphatic heterocycles. The molecule has 1 aromatic carbocycles. The SMILES string of the molecule is CCNCc1cc(C)nc(-c2ccccc2[N+](=O)[O-])n1. The van der Waals surface area contributed by atoms with E-state index in [1.165, 1.54) is 6.07 Å². The van der Waals surface area contributed by atoms with E-state index in [0.29, 0.717) is 17.9 Å². The summed E-state index contributed by atoms with van der Waals surface area (Å²) in [6.07, 6.45) is 0. The first-order valence-corrected chi connectivity index (χ1v) is 6.41. The van der Waals surface area contributed by atoms with E-state index < -0.39 is 4.92 Å². The minimum atomic E-state index is -0.412. The number of aromatic nitrogens is 2. The molecule has 104 valence electrons. The Bertz CT molecular complexity index is 628. The van der Waals surface area contributed by atoms with E-state index in [4.69, 9.17) is 0 Å². The largest absolute Gasteiger partial charge is 0.311 e. The van der Waals surface area contributed by atoms with Crippen LogP contribution >= 0.6 is 0 Å². The number of nitrogens with zero attached hydrogens (tertiary/aromatic N) is 3. The Morgan fingerprint density at radius 3 is 2.75 bits per heavy atom. The molecule has 0 spiro atoms. The first-order valence-electron chi connectivity index (χ1n) is 6.41. The molecule has 6 nitrogen and oxygen atoms in total. The Hall–Kier alpha value is -2.34. The second-order valence-electron chi connectivity index (χ2n) is 4.38. The third-order valence-electron chi connectivity index (χ3n) is 2.81. The second kappa shape index (κ2) is 6.21. The lowest BCUT2D eigenvalue weighted by atomic mass is 10.1. The van der Waals surface area contributed by atoms with Gasteiger partial charge in [-0.15, -0.1) is 0 Å². The summed E-state index contributed by atoms with van der Waals surface area (Å²) < 4.78 is 0. The van der Waals surface area contributed by atoms with Crippen molar-refractivity contribution in [1.82, 2.24) is 15.3 Å². The molecular formula is C14H16N4O2. The van der Waals surface area contributed by atoms with Gasteiger partial charge >= 0.3 is 0 Å². The summed E-state index contributed by atoms with van der Waals surface area (Å²) in [5, 5.41) is 14.3. The van der Waals surface area contributed by atoms with Crippen molar-refractivity contribution in [2.75, 3.05) is 6.54 Å². The number of benzene rings is 1. The zero-order valence-electron chi connectivity index (χ0n) is 11.5. The average molecular weight is 272 g/mol. The van der Waals surface area contributed by atoms with Gasteiger partial charge < -0.3 is 5.32 Å². The summed E-state index contributed by atoms with van der Waals surface area (Å²) in [6.45, 7) is 5.32. The lowest BCUT2D eigenvalue weighted by molar-refractivity contribution is -0.384. The summed E-state index contributed by atoms with van der Waals surface area (Å²) in [5.41, 5.74) is 2.08. The van der Waals surface area contributed by atoms with E-state index in [1.54, 1.807) is 18.2 Å². The van der Waals surface area contributed by atoms with Crippen molar-refractivity contribution in [3.8, 4) is 11.4 Å². The number of aryl methyl sites for hydroxylation is 1. The van der Waals surface area contributed by atoms with E-state index in [9.17, 15) is 10.1 Å². The zero-order chi connectivity index (χ0) is 14.5. The smallest absolute Gasteiger partial charge is 0.280 e. The van der Waals surface area contributed by atoms with Gasteiger partial charge in [-0.25, -0.2) is 9.97 Å². The molecular weight excluding hydrogens is 256 g/mol. The van der Waals surface area contributed by atoms with Crippen LogP contribution in [0.4, 0.5) is 5.69 Å². The minimum Gasteiger partial charge on any atom is -0.311 e. The molecule has 0 aliphatic rings. The molecule has 1 heterocycles. The molecule has 20 heavy (non-hydrogen) atoms. The minimum absolute atomic E-state index is 0.0208. The standard InChI is InChI=1S/C14H16N4O2/c1-3-15-9-11-8-10(2)16-14(17-11)12-6-4-5-7-13(12)18(19)20/h4-8,15H,3,9H2,1-2H3. The van der Waals surface area contributed by atoms with Gasteiger partial charge in [-0.2, -0.15) is 0 Å². The molecule has 1 N–H and O–H groups in total. The van der Waals surface area contributed by atoms with Crippen molar-refractivity contribution in [2.45, 2.75) is 20.4 Å². The fourth-order valence-electron chi connectivity index (χ4n) is 1.92. The summed E-state index contributed by atoms with van der Waals surface area (Å²) >= 11 is 0. The molecule has 1 aromatic heterocycles. The van der Waals surface area contributed by atoms with Crippen molar-refractivity contribution >= 4 is 5.69 Å². The summed E-state index contributed by atoms with van der Waals surface area (Å²) in [7, 11) is 0. The van der Waals surface area contributed by atoms with Crippen LogP contribution in [0.2, 0.25) is 0 Å². The van der Waals surface area contributed by atoms with Crippen LogP contribution < -0.4 is 5.32 Å². The first-order chi connectivity index (χ1) is 9.61. The van der Waals surface area contributed by atoms with Crippen LogP contribution in [0, 0.1) is 17.0 Å². The van der Waals surface area contributed by atoms with E-state index in [0.717, 1.165) is 17.9 Å². The van der Waals surface area contributed by atoms with Gasteiger partial charge in [-0.3, -0.25) is 10.1 Å². The fourth-order valence-corrected chi connectivity index (χ4v) is 1.92. The summed E-state index contributed by atoms with van der Waals surface area (Å²) in [6, 6.07) is 8.39. The number of nitro benzene ring substituents is 1. The average Bonchev–Trinajstić information content (AvgIpc) is 2.44. The van der Waals surface area contributed by atoms with Gasteiger partial charge in [-0.1, -0.05) is 19.1 Å². The Kier molecular flexibility index (Phi) is 4.37. The van der Waals surface area contributed by atoms with Crippen molar-refractivity contribution < 1.29 is 4.92 Å². The van der Waals surface area contributed by atoms with Gasteiger partial charge in [0, 0.05) is 18.3 Å². The topological polar surface area (TPSA) is 81.0 Å². The highest BCUT2D eigenvalue weighted by molar-refractivity contribution is 5.67. The Balaban J connectivity index is 2.47. The fraction of sp³-hybridized carbons (Fsp3) is 0.286. The van der Waals surface area contributed by atoms with Crippen LogP contribution in [-0.2, 0) is 6.54 Å². The monoisotopic (exact) mass is 272 g/mol. The maximum absolute atomic E-state index is 11.1. The van der Waals surface area contributed by atoms with E-state index in [-0.39, 0.29) is 5.69 Å². The number of para-hydroxylation sites is 1. The van der Waals surface area contributed by atoms with Gasteiger partial charge in [0.15, 0.2) is 5.82 Å². The van der Waals surface area contributed by atoms with Gasteiger partial charge in [0.1, 0.15) is 0 Å². The number of nitrogens with one attached hydrogen (secondary N) is 1. The van der Waals surface area contributed by atoms with E-state index in [1.807, 2.05) is 19.9 Å². The van der Waals surface area contributed by atoms with Crippen molar-refractivity contribution in [3.63, 3.8) is 0 Å². The second-order valence-corrected chi connectivity index (χ2v) is 4.38. The van der Waals surface area contributed by atoms with Gasteiger partial charge in [-0.05, 0) is 25.6 Å². The molecule has 0 saturated carbocycles. The molecule has 0 radical (unpaired) electrons. The van der Waals surface area contributed by atoms with Crippen LogP contribution in [0.3, 0.4) is 0 Å². The van der Waals surface area contributed by atoms with Crippen LogP contribution in [0.5, 0.6) is 0 Å². The van der Waals surface area contributed by atoms with Crippen LogP contribution in [0.15, 0.2) is 30.3 Å². The molecule has 0 fully saturated rings. The number of hydrogen-bond acceptors (Lipinski definition) is 5. The van der Waals surface area contributed by atoms with Crippen LogP contribution in [-0.4, -0.2) is 21.4 Å². The van der Waals surface area contributed by atoms with E-state index in [2.05, 4.69) is 15.3 Å². The predicted octanol–water partition coefficient (Wildman–Crippen LogP) is 2.47. The maximum atomic E-state index is 11.1. The summed E-state index contributed by atoms with van der Waals surface area (Å²) in [5.74, 6) is 0.394. The maximum Gasteiger partial charge on any atom is 0.280 e. The molecule has 0 bridgehead atoms. The van der Waals surface area contributed by atoms with Gasteiger partial charge in [0.25, 0.3) is 5.69 Å². The van der Waals surface area contributed by atoms with Crippen LogP contribution in [0.1, 0.15) is 18.3 Å². The van der Waals surface area contributed by atoms with E-state index >= 15 is 0 Å². The molecule has 2 rings (SSSR count). The lowest BCUT2D eigenvalue weighted by Gasteiger charge is -2.07. The molecule has 0 aliphatic carbocycles. The highest BCUT2D eigenvalue weighted by atomic mass is 16.6. The van der Waals surface area contributed by atoms with Gasteiger partial charge in [0.2, 0.25) is 0 Å². The lowest BCUT2D eigenvalue weighted by Crippen LogP contribution is -2.14. The normalized spacial score (nSPS) is 10.5. The zero-order valence-corrected chi connectivity index (χ0v) is 11.5. The number of nitro groups is 1. The summed E-state index contributed by atoms with van der Waals surface area (Å²) in [4.78, 5) is 19.4. The third-order valence-corrected chi connectivity index (χ3v) is 2.81. The van der Waals surface area contributed by atoms with Crippen molar-refractivity contribution in [1.29, 1.82) is 0 Å². The predicted molar refractivity (Wildman–Crippen MR) is 76.2 cm³/mol. The number of hydrogen-bond donors (Lipinski definition) is 1. The molecule has 2 aromatic rings. The van der Waals surface area contributed by atoms with Crippen molar-refractivity contribution in [3.05, 3.63) is 51.8 Å². The first kappa shape index (κ1) is 14.1.